The number of allylic oxidation sites excluding steroid dienone is 1. The van der Waals surface area contributed by atoms with Crippen molar-refractivity contribution >= 4 is 11.9 Å². The summed E-state index contributed by atoms with van der Waals surface area (Å²) in [6, 6.07) is 7.91. The molecule has 2 aliphatic carbocycles. The summed E-state index contributed by atoms with van der Waals surface area (Å²) >= 11 is 0. The number of ether oxygens (including phenoxy) is 1. The van der Waals surface area contributed by atoms with Crippen LogP contribution in [0.3, 0.4) is 0 Å². The van der Waals surface area contributed by atoms with E-state index in [2.05, 4.69) is 0 Å². The van der Waals surface area contributed by atoms with Crippen LogP contribution in [0.4, 0.5) is 0 Å². The molecule has 1 atom stereocenters. The largest absolute Gasteiger partial charge is 0.496 e. The molecule has 0 amide bonds. The molecule has 0 bridgehead atoms. The maximum absolute atomic E-state index is 12.6. The van der Waals surface area contributed by atoms with Gasteiger partial charge in [-0.3, -0.25) is 4.79 Å². The van der Waals surface area contributed by atoms with Crippen molar-refractivity contribution in [3.63, 3.8) is 0 Å². The van der Waals surface area contributed by atoms with Crippen molar-refractivity contribution in [2.24, 2.45) is 11.8 Å². The van der Waals surface area contributed by atoms with Crippen LogP contribution in [0.2, 0.25) is 0 Å². The molecule has 106 valence electrons. The van der Waals surface area contributed by atoms with Gasteiger partial charge in [0.2, 0.25) is 0 Å². The third kappa shape index (κ3) is 2.52. The van der Waals surface area contributed by atoms with E-state index in [4.69, 9.17) is 4.74 Å². The van der Waals surface area contributed by atoms with Crippen LogP contribution in [0.15, 0.2) is 29.8 Å². The summed E-state index contributed by atoms with van der Waals surface area (Å²) in [6.45, 7) is 0. The molecular weight excluding hydrogens is 248 g/mol. The molecule has 0 aliphatic heterocycles. The molecule has 1 aromatic rings. The first kappa shape index (κ1) is 13.4. The Bertz CT molecular complexity index is 524. The van der Waals surface area contributed by atoms with E-state index in [0.717, 1.165) is 29.7 Å². The van der Waals surface area contributed by atoms with Crippen LogP contribution in [0.5, 0.6) is 5.75 Å². The second-order valence-electron chi connectivity index (χ2n) is 5.97. The van der Waals surface area contributed by atoms with Crippen LogP contribution in [0.25, 0.3) is 6.08 Å². The molecule has 0 radical (unpaired) electrons. The second kappa shape index (κ2) is 5.82. The van der Waals surface area contributed by atoms with Crippen LogP contribution in [-0.4, -0.2) is 12.9 Å². The Morgan fingerprint density at radius 2 is 1.90 bits per heavy atom. The number of Topliss-reactive ketones (excluding diaryl/α,β-unsaturated/α-hetero) is 1. The summed E-state index contributed by atoms with van der Waals surface area (Å²) in [5.41, 5.74) is 2.01. The van der Waals surface area contributed by atoms with E-state index in [0.29, 0.717) is 17.6 Å². The number of methoxy groups -OCH3 is 1. The molecular formula is C18H22O2. The summed E-state index contributed by atoms with van der Waals surface area (Å²) in [7, 11) is 1.68. The van der Waals surface area contributed by atoms with Gasteiger partial charge in [-0.05, 0) is 49.3 Å². The van der Waals surface area contributed by atoms with E-state index < -0.39 is 0 Å². The van der Waals surface area contributed by atoms with Gasteiger partial charge in [0, 0.05) is 11.5 Å². The molecule has 3 rings (SSSR count). The third-order valence-electron chi connectivity index (χ3n) is 4.82. The fourth-order valence-corrected chi connectivity index (χ4v) is 3.73. The van der Waals surface area contributed by atoms with E-state index >= 15 is 0 Å². The monoisotopic (exact) mass is 270 g/mol. The zero-order valence-corrected chi connectivity index (χ0v) is 12.1. The van der Waals surface area contributed by atoms with Gasteiger partial charge in [-0.15, -0.1) is 0 Å². The molecule has 0 heterocycles. The van der Waals surface area contributed by atoms with Crippen LogP contribution >= 0.6 is 0 Å². The first-order chi connectivity index (χ1) is 9.79. The Labute approximate surface area is 120 Å². The van der Waals surface area contributed by atoms with Gasteiger partial charge in [-0.2, -0.15) is 0 Å². The van der Waals surface area contributed by atoms with Crippen LogP contribution in [-0.2, 0) is 4.79 Å². The quantitative estimate of drug-likeness (QED) is 0.768. The summed E-state index contributed by atoms with van der Waals surface area (Å²) in [4.78, 5) is 12.6. The lowest BCUT2D eigenvalue weighted by atomic mass is 9.88. The molecule has 0 unspecified atom stereocenters. The minimum atomic E-state index is 0.290. The average Bonchev–Trinajstić information content (AvgIpc) is 3.10. The van der Waals surface area contributed by atoms with Gasteiger partial charge >= 0.3 is 0 Å². The topological polar surface area (TPSA) is 26.3 Å². The van der Waals surface area contributed by atoms with Crippen molar-refractivity contribution < 1.29 is 9.53 Å². The van der Waals surface area contributed by atoms with Gasteiger partial charge in [-0.1, -0.05) is 31.0 Å². The number of ketones is 1. The number of carbonyl (C=O) groups excluding carboxylic acids is 1. The summed E-state index contributed by atoms with van der Waals surface area (Å²) in [6.07, 6.45) is 9.12. The maximum Gasteiger partial charge on any atom is 0.162 e. The fourth-order valence-electron chi connectivity index (χ4n) is 3.73. The first-order valence-corrected chi connectivity index (χ1v) is 7.67. The minimum absolute atomic E-state index is 0.290. The first-order valence-electron chi connectivity index (χ1n) is 7.67. The molecule has 0 spiro atoms. The van der Waals surface area contributed by atoms with E-state index in [9.17, 15) is 4.79 Å². The Morgan fingerprint density at radius 1 is 1.15 bits per heavy atom. The SMILES string of the molecule is COc1ccccc1/C=C1\CC[C@@H](C2CCCC2)C1=O. The predicted molar refractivity (Wildman–Crippen MR) is 80.7 cm³/mol. The molecule has 2 heteroatoms. The van der Waals surface area contributed by atoms with Gasteiger partial charge in [0.1, 0.15) is 5.75 Å². The van der Waals surface area contributed by atoms with E-state index in [1.54, 1.807) is 7.11 Å². The van der Waals surface area contributed by atoms with Gasteiger partial charge in [0.15, 0.2) is 5.78 Å². The van der Waals surface area contributed by atoms with Crippen molar-refractivity contribution in [2.45, 2.75) is 38.5 Å². The zero-order chi connectivity index (χ0) is 13.9. The van der Waals surface area contributed by atoms with Crippen molar-refractivity contribution in [1.82, 2.24) is 0 Å². The van der Waals surface area contributed by atoms with E-state index in [-0.39, 0.29) is 0 Å². The molecule has 2 fully saturated rings. The second-order valence-corrected chi connectivity index (χ2v) is 5.97. The highest BCUT2D eigenvalue weighted by molar-refractivity contribution is 6.03. The highest BCUT2D eigenvalue weighted by Crippen LogP contribution is 2.41. The summed E-state index contributed by atoms with van der Waals surface area (Å²) < 4.78 is 5.36. The molecule has 0 N–H and O–H groups in total. The summed E-state index contributed by atoms with van der Waals surface area (Å²) in [5.74, 6) is 2.17. The number of para-hydroxylation sites is 1. The highest BCUT2D eigenvalue weighted by atomic mass is 16.5. The Hall–Kier alpha value is -1.57. The third-order valence-corrected chi connectivity index (χ3v) is 4.82. The molecule has 0 saturated heterocycles. The van der Waals surface area contributed by atoms with Crippen LogP contribution in [0, 0.1) is 11.8 Å². The van der Waals surface area contributed by atoms with Gasteiger partial charge in [0.05, 0.1) is 7.11 Å². The molecule has 2 saturated carbocycles. The highest BCUT2D eigenvalue weighted by Gasteiger charge is 2.36. The molecule has 2 nitrogen and oxygen atoms in total. The fraction of sp³-hybridized carbons (Fsp3) is 0.500. The molecule has 0 aromatic heterocycles. The average molecular weight is 270 g/mol. The minimum Gasteiger partial charge on any atom is -0.496 e. The number of hydrogen-bond acceptors (Lipinski definition) is 2. The Morgan fingerprint density at radius 3 is 2.65 bits per heavy atom. The van der Waals surface area contributed by atoms with Crippen LogP contribution in [0.1, 0.15) is 44.1 Å². The molecule has 20 heavy (non-hydrogen) atoms. The van der Waals surface area contributed by atoms with Gasteiger partial charge < -0.3 is 4.74 Å². The van der Waals surface area contributed by atoms with Crippen LogP contribution < -0.4 is 4.74 Å². The normalized spacial score (nSPS) is 25.6. The Kier molecular flexibility index (Phi) is 3.90. The molecule has 1 aromatic carbocycles. The maximum atomic E-state index is 12.6. The van der Waals surface area contributed by atoms with E-state index in [1.165, 1.54) is 25.7 Å². The van der Waals surface area contributed by atoms with Crippen molar-refractivity contribution in [2.75, 3.05) is 7.11 Å². The lowest BCUT2D eigenvalue weighted by Crippen LogP contribution is -2.16. The number of benzene rings is 1. The number of hydrogen-bond donors (Lipinski definition) is 0. The smallest absolute Gasteiger partial charge is 0.162 e. The lowest BCUT2D eigenvalue weighted by molar-refractivity contribution is -0.119. The Balaban J connectivity index is 1.81. The standard InChI is InChI=1S/C18H22O2/c1-20-17-9-5-4-8-14(17)12-15-10-11-16(18(15)19)13-6-2-3-7-13/h4-5,8-9,12-13,16H,2-3,6-7,10-11H2,1H3/b15-12+/t16-/m0/s1. The van der Waals surface area contributed by atoms with Crippen molar-refractivity contribution in [3.8, 4) is 5.75 Å². The number of rotatable bonds is 3. The van der Waals surface area contributed by atoms with Crippen molar-refractivity contribution in [3.05, 3.63) is 35.4 Å². The predicted octanol–water partition coefficient (Wildman–Crippen LogP) is 4.25. The van der Waals surface area contributed by atoms with E-state index in [1.807, 2.05) is 30.3 Å². The van der Waals surface area contributed by atoms with Crippen molar-refractivity contribution in [1.29, 1.82) is 0 Å². The molecule has 2 aliphatic rings. The summed E-state index contributed by atoms with van der Waals surface area (Å²) in [5, 5.41) is 0. The zero-order valence-electron chi connectivity index (χ0n) is 12.1. The lowest BCUT2D eigenvalue weighted by Gasteiger charge is -2.15. The number of carbonyl (C=O) groups is 1. The van der Waals surface area contributed by atoms with Gasteiger partial charge in [-0.25, -0.2) is 0 Å². The van der Waals surface area contributed by atoms with Gasteiger partial charge in [0.25, 0.3) is 0 Å².